The Bertz CT molecular complexity index is 1030. The standard InChI is InChI=1S/C21H22N4O4S/c1-28-21(27)25-11-7-14(8-12-25)24-19(26)18-16(13-30-20-22-9-4-10-23-20)15-5-2-3-6-17(15)29-18/h2-6,9-10,14H,7-8,11-13H2,1H3,(H,24,26). The summed E-state index contributed by atoms with van der Waals surface area (Å²) in [4.78, 5) is 34.8. The van der Waals surface area contributed by atoms with E-state index in [0.29, 0.717) is 48.2 Å². The predicted molar refractivity (Wildman–Crippen MR) is 112 cm³/mol. The summed E-state index contributed by atoms with van der Waals surface area (Å²) in [7, 11) is 1.37. The lowest BCUT2D eigenvalue weighted by molar-refractivity contribution is 0.0868. The van der Waals surface area contributed by atoms with E-state index in [-0.39, 0.29) is 18.0 Å². The first-order chi connectivity index (χ1) is 14.7. The van der Waals surface area contributed by atoms with Crippen molar-refractivity contribution < 1.29 is 18.7 Å². The van der Waals surface area contributed by atoms with Crippen molar-refractivity contribution in [2.24, 2.45) is 0 Å². The average molecular weight is 426 g/mol. The van der Waals surface area contributed by atoms with Gasteiger partial charge in [-0.3, -0.25) is 4.79 Å². The molecule has 1 N–H and O–H groups in total. The number of piperidine rings is 1. The van der Waals surface area contributed by atoms with Gasteiger partial charge in [0.15, 0.2) is 10.9 Å². The number of nitrogens with one attached hydrogen (secondary N) is 1. The minimum Gasteiger partial charge on any atom is -0.453 e. The van der Waals surface area contributed by atoms with E-state index in [1.165, 1.54) is 18.9 Å². The van der Waals surface area contributed by atoms with E-state index in [4.69, 9.17) is 9.15 Å². The maximum Gasteiger partial charge on any atom is 0.409 e. The molecule has 3 aromatic rings. The molecule has 1 aliphatic heterocycles. The first-order valence-electron chi connectivity index (χ1n) is 9.69. The van der Waals surface area contributed by atoms with E-state index in [1.807, 2.05) is 24.3 Å². The van der Waals surface area contributed by atoms with Crippen LogP contribution in [0.2, 0.25) is 0 Å². The number of nitrogens with zero attached hydrogens (tertiary/aromatic N) is 3. The molecule has 0 saturated carbocycles. The summed E-state index contributed by atoms with van der Waals surface area (Å²) >= 11 is 1.46. The van der Waals surface area contributed by atoms with Crippen LogP contribution < -0.4 is 5.32 Å². The minimum atomic E-state index is -0.334. The van der Waals surface area contributed by atoms with Crippen LogP contribution in [0.25, 0.3) is 11.0 Å². The smallest absolute Gasteiger partial charge is 0.409 e. The van der Waals surface area contributed by atoms with Crippen LogP contribution in [0.3, 0.4) is 0 Å². The Morgan fingerprint density at radius 3 is 2.67 bits per heavy atom. The van der Waals surface area contributed by atoms with E-state index in [1.54, 1.807) is 23.4 Å². The molecule has 0 unspecified atom stereocenters. The number of rotatable bonds is 5. The molecule has 0 radical (unpaired) electrons. The Hall–Kier alpha value is -3.07. The Kier molecular flexibility index (Phi) is 6.18. The highest BCUT2D eigenvalue weighted by atomic mass is 32.2. The van der Waals surface area contributed by atoms with Crippen molar-refractivity contribution >= 4 is 34.7 Å². The number of likely N-dealkylation sites (tertiary alicyclic amines) is 1. The maximum absolute atomic E-state index is 13.0. The average Bonchev–Trinajstić information content (AvgIpc) is 3.17. The lowest BCUT2D eigenvalue weighted by Gasteiger charge is -2.31. The van der Waals surface area contributed by atoms with Gasteiger partial charge < -0.3 is 19.4 Å². The molecule has 30 heavy (non-hydrogen) atoms. The van der Waals surface area contributed by atoms with Gasteiger partial charge in [-0.25, -0.2) is 14.8 Å². The largest absolute Gasteiger partial charge is 0.453 e. The Morgan fingerprint density at radius 2 is 1.93 bits per heavy atom. The molecule has 9 heteroatoms. The summed E-state index contributed by atoms with van der Waals surface area (Å²) in [6, 6.07) is 9.36. The number of hydrogen-bond acceptors (Lipinski definition) is 7. The van der Waals surface area contributed by atoms with Crippen molar-refractivity contribution in [3.05, 3.63) is 54.0 Å². The van der Waals surface area contributed by atoms with Crippen molar-refractivity contribution in [3.63, 3.8) is 0 Å². The zero-order valence-corrected chi connectivity index (χ0v) is 17.4. The second kappa shape index (κ2) is 9.17. The lowest BCUT2D eigenvalue weighted by atomic mass is 10.0. The molecule has 1 fully saturated rings. The normalized spacial score (nSPS) is 14.6. The van der Waals surface area contributed by atoms with Crippen LogP contribution >= 0.6 is 11.8 Å². The maximum atomic E-state index is 13.0. The fourth-order valence-electron chi connectivity index (χ4n) is 3.51. The van der Waals surface area contributed by atoms with Crippen LogP contribution in [0, 0.1) is 0 Å². The fourth-order valence-corrected chi connectivity index (χ4v) is 4.34. The van der Waals surface area contributed by atoms with E-state index >= 15 is 0 Å². The highest BCUT2D eigenvalue weighted by molar-refractivity contribution is 7.98. The van der Waals surface area contributed by atoms with Crippen molar-refractivity contribution in [2.75, 3.05) is 20.2 Å². The van der Waals surface area contributed by atoms with Gasteiger partial charge in [-0.1, -0.05) is 30.0 Å². The van der Waals surface area contributed by atoms with Gasteiger partial charge in [0.1, 0.15) is 5.58 Å². The topological polar surface area (TPSA) is 97.6 Å². The minimum absolute atomic E-state index is 0.0235. The quantitative estimate of drug-likeness (QED) is 0.493. The Labute approximate surface area is 178 Å². The van der Waals surface area contributed by atoms with Crippen LogP contribution in [0.5, 0.6) is 0 Å². The van der Waals surface area contributed by atoms with E-state index in [9.17, 15) is 9.59 Å². The van der Waals surface area contributed by atoms with Crippen LogP contribution in [0.4, 0.5) is 4.79 Å². The summed E-state index contributed by atoms with van der Waals surface area (Å²) in [5.74, 6) is 0.590. The van der Waals surface area contributed by atoms with Gasteiger partial charge in [-0.2, -0.15) is 0 Å². The van der Waals surface area contributed by atoms with E-state index < -0.39 is 0 Å². The molecule has 2 amide bonds. The Morgan fingerprint density at radius 1 is 1.20 bits per heavy atom. The molecule has 8 nitrogen and oxygen atoms in total. The molecule has 4 rings (SSSR count). The molecule has 0 aliphatic carbocycles. The number of aromatic nitrogens is 2. The van der Waals surface area contributed by atoms with Gasteiger partial charge in [-0.15, -0.1) is 0 Å². The number of benzene rings is 1. The van der Waals surface area contributed by atoms with Crippen molar-refractivity contribution in [1.82, 2.24) is 20.2 Å². The summed E-state index contributed by atoms with van der Waals surface area (Å²) in [5.41, 5.74) is 1.50. The molecule has 0 atom stereocenters. The van der Waals surface area contributed by atoms with Crippen molar-refractivity contribution in [2.45, 2.75) is 29.8 Å². The molecular formula is C21H22N4O4S. The van der Waals surface area contributed by atoms with Crippen molar-refractivity contribution in [1.29, 1.82) is 0 Å². The van der Waals surface area contributed by atoms with Gasteiger partial charge in [0.2, 0.25) is 0 Å². The number of carbonyl (C=O) groups is 2. The number of carbonyl (C=O) groups excluding carboxylic acids is 2. The molecule has 2 aromatic heterocycles. The number of furan rings is 1. The second-order valence-corrected chi connectivity index (χ2v) is 7.87. The predicted octanol–water partition coefficient (Wildman–Crippen LogP) is 3.48. The number of hydrogen-bond donors (Lipinski definition) is 1. The fraction of sp³-hybridized carbons (Fsp3) is 0.333. The number of fused-ring (bicyclic) bond motifs is 1. The third-order valence-electron chi connectivity index (χ3n) is 5.06. The number of thioether (sulfide) groups is 1. The molecule has 1 aliphatic rings. The molecular weight excluding hydrogens is 404 g/mol. The summed E-state index contributed by atoms with van der Waals surface area (Å²) in [5, 5.41) is 4.61. The van der Waals surface area contributed by atoms with Crippen LogP contribution in [-0.2, 0) is 10.5 Å². The van der Waals surface area contributed by atoms with Crippen LogP contribution in [0.1, 0.15) is 29.0 Å². The lowest BCUT2D eigenvalue weighted by Crippen LogP contribution is -2.46. The third-order valence-corrected chi connectivity index (χ3v) is 5.96. The van der Waals surface area contributed by atoms with E-state index in [2.05, 4.69) is 15.3 Å². The van der Waals surface area contributed by atoms with Crippen LogP contribution in [0.15, 0.2) is 52.3 Å². The summed E-state index contributed by atoms with van der Waals surface area (Å²) in [6.07, 6.45) is 4.39. The second-order valence-electron chi connectivity index (χ2n) is 6.93. The molecule has 156 valence electrons. The zero-order valence-electron chi connectivity index (χ0n) is 16.5. The summed E-state index contributed by atoms with van der Waals surface area (Å²) in [6.45, 7) is 1.09. The molecule has 1 aromatic carbocycles. The van der Waals surface area contributed by atoms with Gasteiger partial charge in [0.25, 0.3) is 5.91 Å². The zero-order chi connectivity index (χ0) is 20.9. The SMILES string of the molecule is COC(=O)N1CCC(NC(=O)c2oc3ccccc3c2CSc2ncccn2)CC1. The van der Waals surface area contributed by atoms with Gasteiger partial charge in [0.05, 0.1) is 7.11 Å². The monoisotopic (exact) mass is 426 g/mol. The molecule has 1 saturated heterocycles. The number of para-hydroxylation sites is 1. The summed E-state index contributed by atoms with van der Waals surface area (Å²) < 4.78 is 10.7. The van der Waals surface area contributed by atoms with Crippen molar-refractivity contribution in [3.8, 4) is 0 Å². The van der Waals surface area contributed by atoms with Crippen LogP contribution in [-0.4, -0.2) is 53.1 Å². The van der Waals surface area contributed by atoms with Gasteiger partial charge >= 0.3 is 6.09 Å². The highest BCUT2D eigenvalue weighted by Crippen LogP contribution is 2.31. The number of ether oxygens (including phenoxy) is 1. The molecule has 0 spiro atoms. The molecule has 0 bridgehead atoms. The third kappa shape index (κ3) is 4.40. The van der Waals surface area contributed by atoms with E-state index in [0.717, 1.165) is 10.9 Å². The first-order valence-corrected chi connectivity index (χ1v) is 10.7. The number of methoxy groups -OCH3 is 1. The first kappa shape index (κ1) is 20.2. The molecule has 3 heterocycles. The highest BCUT2D eigenvalue weighted by Gasteiger charge is 2.27. The Balaban J connectivity index is 1.49. The van der Waals surface area contributed by atoms with Gasteiger partial charge in [-0.05, 0) is 25.0 Å². The van der Waals surface area contributed by atoms with Gasteiger partial charge in [0, 0.05) is 48.2 Å². The number of amides is 2.